The molecule has 0 aliphatic rings. The van der Waals surface area contributed by atoms with Crippen LogP contribution in [0.1, 0.15) is 303 Å². The molecule has 6 heteroatoms. The summed E-state index contributed by atoms with van der Waals surface area (Å²) in [6, 6.07) is 0. The monoisotopic (exact) mass is 861 g/mol. The number of hydrogen-bond acceptors (Lipinski definition) is 6. The van der Waals surface area contributed by atoms with Gasteiger partial charge in [0.1, 0.15) is 13.2 Å². The molecule has 0 aromatic heterocycles. The molecule has 6 nitrogen and oxygen atoms in total. The standard InChI is InChI=1S/C55H104O6/c1-4-7-10-13-16-19-22-25-27-30-32-35-38-41-44-47-53(56)59-50-52(61-55(58)49-46-43-40-37-34-29-24-21-18-15-12-9-6-3)51-60-54(57)48-45-42-39-36-33-31-28-26-23-20-17-14-11-8-5-2/h25,27,52H,4-24,26,28-51H2,1-3H3/b27-25-. The minimum Gasteiger partial charge on any atom is -0.462 e. The first-order chi connectivity index (χ1) is 30.0. The molecule has 0 spiro atoms. The van der Waals surface area contributed by atoms with E-state index < -0.39 is 6.10 Å². The molecule has 0 aromatic rings. The third-order valence-corrected chi connectivity index (χ3v) is 12.3. The maximum absolute atomic E-state index is 12.8. The molecule has 0 heterocycles. The van der Waals surface area contributed by atoms with Gasteiger partial charge in [0.2, 0.25) is 0 Å². The zero-order valence-corrected chi connectivity index (χ0v) is 41.2. The molecule has 0 bridgehead atoms. The van der Waals surface area contributed by atoms with Gasteiger partial charge in [-0.2, -0.15) is 0 Å². The molecule has 0 fully saturated rings. The van der Waals surface area contributed by atoms with Crippen LogP contribution in [0.4, 0.5) is 0 Å². The lowest BCUT2D eigenvalue weighted by Gasteiger charge is -2.18. The summed E-state index contributed by atoms with van der Waals surface area (Å²) in [5, 5.41) is 0. The van der Waals surface area contributed by atoms with Crippen molar-refractivity contribution < 1.29 is 28.6 Å². The average Bonchev–Trinajstić information content (AvgIpc) is 3.26. The summed E-state index contributed by atoms with van der Waals surface area (Å²) in [6.07, 6.45) is 56.2. The Bertz CT molecular complexity index is 947. The van der Waals surface area contributed by atoms with E-state index in [0.717, 1.165) is 64.2 Å². The first-order valence-corrected chi connectivity index (χ1v) is 27.2. The second kappa shape index (κ2) is 50.8. The van der Waals surface area contributed by atoms with Crippen LogP contribution in [0.3, 0.4) is 0 Å². The number of rotatable bonds is 50. The van der Waals surface area contributed by atoms with E-state index >= 15 is 0 Å². The number of allylic oxidation sites excluding steroid dienone is 2. The van der Waals surface area contributed by atoms with Gasteiger partial charge in [-0.1, -0.05) is 251 Å². The van der Waals surface area contributed by atoms with Crippen molar-refractivity contribution in [1.29, 1.82) is 0 Å². The summed E-state index contributed by atoms with van der Waals surface area (Å²) >= 11 is 0. The molecule has 0 rings (SSSR count). The van der Waals surface area contributed by atoms with Crippen molar-refractivity contribution in [3.8, 4) is 0 Å². The van der Waals surface area contributed by atoms with E-state index in [2.05, 4.69) is 32.9 Å². The van der Waals surface area contributed by atoms with Gasteiger partial charge in [0.25, 0.3) is 0 Å². The summed E-state index contributed by atoms with van der Waals surface area (Å²) < 4.78 is 16.8. The number of carbonyl (C=O) groups is 3. The highest BCUT2D eigenvalue weighted by molar-refractivity contribution is 5.71. The third kappa shape index (κ3) is 49.0. The largest absolute Gasteiger partial charge is 0.462 e. The number of esters is 3. The number of ether oxygens (including phenoxy) is 3. The fourth-order valence-electron chi connectivity index (χ4n) is 8.14. The lowest BCUT2D eigenvalue weighted by molar-refractivity contribution is -0.167. The quantitative estimate of drug-likeness (QED) is 0.0262. The van der Waals surface area contributed by atoms with Gasteiger partial charge in [-0.15, -0.1) is 0 Å². The Hall–Kier alpha value is -1.85. The Labute approximate surface area is 380 Å². The van der Waals surface area contributed by atoms with Crippen LogP contribution in [0.15, 0.2) is 12.2 Å². The fourth-order valence-corrected chi connectivity index (χ4v) is 8.14. The van der Waals surface area contributed by atoms with E-state index in [1.165, 1.54) is 199 Å². The van der Waals surface area contributed by atoms with E-state index in [9.17, 15) is 14.4 Å². The Morgan fingerprint density at radius 3 is 0.820 bits per heavy atom. The van der Waals surface area contributed by atoms with Gasteiger partial charge in [-0.25, -0.2) is 0 Å². The molecular formula is C55H104O6. The summed E-state index contributed by atoms with van der Waals surface area (Å²) in [5.41, 5.74) is 0. The molecule has 0 N–H and O–H groups in total. The molecule has 1 atom stereocenters. The summed E-state index contributed by atoms with van der Waals surface area (Å²) in [4.78, 5) is 38.0. The van der Waals surface area contributed by atoms with Gasteiger partial charge >= 0.3 is 17.9 Å². The van der Waals surface area contributed by atoms with Crippen LogP contribution in [0.5, 0.6) is 0 Å². The molecule has 0 saturated heterocycles. The maximum atomic E-state index is 12.8. The maximum Gasteiger partial charge on any atom is 0.306 e. The third-order valence-electron chi connectivity index (χ3n) is 12.3. The minimum atomic E-state index is -0.766. The van der Waals surface area contributed by atoms with E-state index in [1.807, 2.05) is 0 Å². The Morgan fingerprint density at radius 1 is 0.311 bits per heavy atom. The summed E-state index contributed by atoms with van der Waals surface area (Å²) in [5.74, 6) is -0.856. The minimum absolute atomic E-state index is 0.0669. The van der Waals surface area contributed by atoms with Crippen LogP contribution in [-0.4, -0.2) is 37.2 Å². The topological polar surface area (TPSA) is 78.9 Å². The molecule has 0 radical (unpaired) electrons. The molecule has 0 aromatic carbocycles. The van der Waals surface area contributed by atoms with Crippen molar-refractivity contribution in [2.24, 2.45) is 0 Å². The highest BCUT2D eigenvalue weighted by Crippen LogP contribution is 2.16. The zero-order chi connectivity index (χ0) is 44.4. The Balaban J connectivity index is 4.32. The molecule has 0 saturated carbocycles. The number of unbranched alkanes of at least 4 members (excludes halogenated alkanes) is 37. The van der Waals surface area contributed by atoms with Crippen LogP contribution < -0.4 is 0 Å². The van der Waals surface area contributed by atoms with Crippen LogP contribution in [0.2, 0.25) is 0 Å². The lowest BCUT2D eigenvalue weighted by Crippen LogP contribution is -2.30. The molecule has 0 amide bonds. The van der Waals surface area contributed by atoms with Gasteiger partial charge in [0, 0.05) is 19.3 Å². The number of hydrogen-bond donors (Lipinski definition) is 0. The summed E-state index contributed by atoms with van der Waals surface area (Å²) in [6.45, 7) is 6.67. The fraction of sp³-hybridized carbons (Fsp3) is 0.909. The van der Waals surface area contributed by atoms with Crippen LogP contribution in [0, 0.1) is 0 Å². The van der Waals surface area contributed by atoms with E-state index in [0.29, 0.717) is 19.3 Å². The van der Waals surface area contributed by atoms with E-state index in [1.54, 1.807) is 0 Å². The SMILES string of the molecule is CCCCCCCC/C=C\CCCCCCCC(=O)OCC(COC(=O)CCCCCCCCCCCCCCCCC)OC(=O)CCCCCCCCCCCCCCC. The lowest BCUT2D eigenvalue weighted by atomic mass is 10.0. The van der Waals surface area contributed by atoms with Crippen LogP contribution >= 0.6 is 0 Å². The molecule has 61 heavy (non-hydrogen) atoms. The highest BCUT2D eigenvalue weighted by Gasteiger charge is 2.19. The average molecular weight is 861 g/mol. The van der Waals surface area contributed by atoms with Crippen molar-refractivity contribution in [1.82, 2.24) is 0 Å². The van der Waals surface area contributed by atoms with Gasteiger partial charge in [0.15, 0.2) is 6.10 Å². The zero-order valence-electron chi connectivity index (χ0n) is 41.2. The predicted octanol–water partition coefficient (Wildman–Crippen LogP) is 17.8. The van der Waals surface area contributed by atoms with Crippen molar-refractivity contribution >= 4 is 17.9 Å². The van der Waals surface area contributed by atoms with Gasteiger partial charge in [0.05, 0.1) is 0 Å². The van der Waals surface area contributed by atoms with Gasteiger partial charge in [-0.05, 0) is 44.9 Å². The van der Waals surface area contributed by atoms with Crippen molar-refractivity contribution in [3.05, 3.63) is 12.2 Å². The van der Waals surface area contributed by atoms with Crippen LogP contribution in [-0.2, 0) is 28.6 Å². The second-order valence-electron chi connectivity index (χ2n) is 18.5. The van der Waals surface area contributed by atoms with Crippen molar-refractivity contribution in [2.45, 2.75) is 309 Å². The Morgan fingerprint density at radius 2 is 0.541 bits per heavy atom. The van der Waals surface area contributed by atoms with Crippen molar-refractivity contribution in [3.63, 3.8) is 0 Å². The molecular weight excluding hydrogens is 757 g/mol. The van der Waals surface area contributed by atoms with E-state index in [4.69, 9.17) is 14.2 Å². The van der Waals surface area contributed by atoms with Gasteiger partial charge in [-0.3, -0.25) is 14.4 Å². The summed E-state index contributed by atoms with van der Waals surface area (Å²) in [7, 11) is 0. The normalized spacial score (nSPS) is 12.0. The highest BCUT2D eigenvalue weighted by atomic mass is 16.6. The molecule has 0 aliphatic carbocycles. The predicted molar refractivity (Wildman–Crippen MR) is 261 cm³/mol. The molecule has 1 unspecified atom stereocenters. The first-order valence-electron chi connectivity index (χ1n) is 27.2. The second-order valence-corrected chi connectivity index (χ2v) is 18.5. The van der Waals surface area contributed by atoms with Crippen LogP contribution in [0.25, 0.3) is 0 Å². The molecule has 360 valence electrons. The van der Waals surface area contributed by atoms with Gasteiger partial charge < -0.3 is 14.2 Å². The first kappa shape index (κ1) is 59.1. The Kier molecular flexibility index (Phi) is 49.3. The molecule has 0 aliphatic heterocycles. The smallest absolute Gasteiger partial charge is 0.306 e. The van der Waals surface area contributed by atoms with Crippen molar-refractivity contribution in [2.75, 3.05) is 13.2 Å². The number of carbonyl (C=O) groups excluding carboxylic acids is 3. The van der Waals surface area contributed by atoms with E-state index in [-0.39, 0.29) is 31.1 Å².